The van der Waals surface area contributed by atoms with Gasteiger partial charge in [-0.3, -0.25) is 9.59 Å². The normalized spacial score (nSPS) is 14.4. The molecule has 4 aromatic carbocycles. The molecule has 4 N–H and O–H groups in total. The fourth-order valence-corrected chi connectivity index (χ4v) is 7.01. The molecule has 4 aromatic rings. The molecule has 2 amide bonds. The Bertz CT molecular complexity index is 1740. The van der Waals surface area contributed by atoms with Crippen LogP contribution in [0.25, 0.3) is 0 Å². The molecule has 1 heterocycles. The highest BCUT2D eigenvalue weighted by atomic mass is 32.2. The molecule has 1 atom stereocenters. The van der Waals surface area contributed by atoms with Crippen LogP contribution in [0.15, 0.2) is 108 Å². The Balaban J connectivity index is 1.59. The number of piperidine rings is 1. The summed E-state index contributed by atoms with van der Waals surface area (Å²) in [5, 5.41) is 19.2. The summed E-state index contributed by atoms with van der Waals surface area (Å²) in [5.74, 6) is -1.39. The number of rotatable bonds is 12. The maximum atomic E-state index is 14.3. The van der Waals surface area contributed by atoms with E-state index in [0.717, 1.165) is 17.3 Å². The molecule has 0 radical (unpaired) electrons. The largest absolute Gasteiger partial charge is 0.508 e. The number of phenolic OH excluding ortho intramolecular Hbond substituents is 1. The lowest BCUT2D eigenvalue weighted by Gasteiger charge is -2.35. The van der Waals surface area contributed by atoms with Crippen LogP contribution in [-0.4, -0.2) is 55.0 Å². The highest BCUT2D eigenvalue weighted by Crippen LogP contribution is 2.33. The molecule has 0 aliphatic carbocycles. The summed E-state index contributed by atoms with van der Waals surface area (Å²) in [6.07, 6.45) is 2.23. The summed E-state index contributed by atoms with van der Waals surface area (Å²) in [4.78, 5) is 34.4. The number of para-hydroxylation sites is 2. The predicted octanol–water partition coefficient (Wildman–Crippen LogP) is 4.63. The molecule has 46 heavy (non-hydrogen) atoms. The Morgan fingerprint density at radius 3 is 2.15 bits per heavy atom. The molecule has 10 nitrogen and oxygen atoms in total. The van der Waals surface area contributed by atoms with Crippen LogP contribution in [0.1, 0.15) is 46.7 Å². The molecule has 1 aliphatic heterocycles. The van der Waals surface area contributed by atoms with Crippen molar-refractivity contribution in [3.8, 4) is 11.5 Å². The van der Waals surface area contributed by atoms with Crippen LogP contribution in [0.3, 0.4) is 0 Å². The summed E-state index contributed by atoms with van der Waals surface area (Å²) < 4.78 is 29.4. The SMILES string of the molecule is NC(=O)c1ccc(S(=O)(=O)N(Oc2ccccc2)c2ccccc2)cc1C(Cc1ccc(O)cc1)C(=O)N1CCC(CCO)CC1. The van der Waals surface area contributed by atoms with E-state index >= 15 is 0 Å². The molecule has 11 heteroatoms. The smallest absolute Gasteiger partial charge is 0.295 e. The molecule has 1 fully saturated rings. The number of likely N-dealkylation sites (tertiary alicyclic amines) is 1. The Labute approximate surface area is 268 Å². The Morgan fingerprint density at radius 1 is 0.913 bits per heavy atom. The summed E-state index contributed by atoms with van der Waals surface area (Å²) in [7, 11) is -4.42. The van der Waals surface area contributed by atoms with Gasteiger partial charge in [0.25, 0.3) is 10.0 Å². The van der Waals surface area contributed by atoms with Gasteiger partial charge in [0, 0.05) is 25.3 Å². The lowest BCUT2D eigenvalue weighted by molar-refractivity contribution is -0.134. The average molecular weight is 644 g/mol. The molecule has 0 saturated carbocycles. The first-order valence-corrected chi connectivity index (χ1v) is 16.6. The minimum atomic E-state index is -4.42. The number of aliphatic hydroxyl groups is 1. The third-order valence-corrected chi connectivity index (χ3v) is 9.79. The van der Waals surface area contributed by atoms with Crippen molar-refractivity contribution in [1.29, 1.82) is 0 Å². The number of hydrogen-bond donors (Lipinski definition) is 3. The highest BCUT2D eigenvalue weighted by Gasteiger charge is 2.34. The van der Waals surface area contributed by atoms with Gasteiger partial charge in [-0.2, -0.15) is 8.42 Å². The van der Waals surface area contributed by atoms with Crippen molar-refractivity contribution < 1.29 is 33.1 Å². The number of amides is 2. The van der Waals surface area contributed by atoms with Crippen LogP contribution in [0.4, 0.5) is 5.69 Å². The molecule has 1 aliphatic rings. The number of sulfonamides is 1. The van der Waals surface area contributed by atoms with Gasteiger partial charge in [-0.25, -0.2) is 0 Å². The minimum Gasteiger partial charge on any atom is -0.508 e. The lowest BCUT2D eigenvalue weighted by Crippen LogP contribution is -2.42. The standard InChI is InChI=1S/C35H37N3O7S/c36-34(41)31-16-15-30(46(43,44)38(27-7-3-1-4-8-27)45-29-9-5-2-6-10-29)24-32(31)33(23-26-11-13-28(40)14-12-26)35(42)37-20-17-25(18-21-37)19-22-39/h1-16,24-25,33,39-40H,17-23H2,(H2,36,41). The fourth-order valence-electron chi connectivity index (χ4n) is 5.72. The zero-order valence-electron chi connectivity index (χ0n) is 25.2. The Morgan fingerprint density at radius 2 is 1.54 bits per heavy atom. The monoisotopic (exact) mass is 643 g/mol. The Hall–Kier alpha value is -4.87. The van der Waals surface area contributed by atoms with Gasteiger partial charge in [-0.05, 0) is 97.3 Å². The number of aliphatic hydroxyl groups excluding tert-OH is 1. The maximum Gasteiger partial charge on any atom is 0.295 e. The number of phenols is 1. The summed E-state index contributed by atoms with van der Waals surface area (Å²) >= 11 is 0. The number of anilines is 1. The minimum absolute atomic E-state index is 0.0292. The van der Waals surface area contributed by atoms with Crippen molar-refractivity contribution in [2.45, 2.75) is 36.5 Å². The number of nitrogens with two attached hydrogens (primary N) is 1. The van der Waals surface area contributed by atoms with E-state index < -0.39 is 21.8 Å². The van der Waals surface area contributed by atoms with Gasteiger partial charge in [-0.15, -0.1) is 0 Å². The molecule has 0 bridgehead atoms. The third-order valence-electron chi connectivity index (χ3n) is 8.22. The molecule has 0 spiro atoms. The first-order chi connectivity index (χ1) is 22.2. The molecule has 240 valence electrons. The van der Waals surface area contributed by atoms with E-state index in [1.807, 2.05) is 0 Å². The number of benzene rings is 4. The molecule has 5 rings (SSSR count). The molecule has 0 aromatic heterocycles. The average Bonchev–Trinajstić information content (AvgIpc) is 3.07. The van der Waals surface area contributed by atoms with E-state index in [-0.39, 0.29) is 52.1 Å². The van der Waals surface area contributed by atoms with E-state index in [1.54, 1.807) is 77.7 Å². The lowest BCUT2D eigenvalue weighted by atomic mass is 9.86. The van der Waals surface area contributed by atoms with Crippen LogP contribution in [0.5, 0.6) is 11.5 Å². The van der Waals surface area contributed by atoms with Gasteiger partial charge in [0.05, 0.1) is 16.5 Å². The second kappa shape index (κ2) is 14.5. The first-order valence-electron chi connectivity index (χ1n) is 15.1. The number of carbonyl (C=O) groups is 2. The number of nitrogens with zero attached hydrogens (tertiary/aromatic N) is 2. The van der Waals surface area contributed by atoms with Crippen molar-refractivity contribution in [2.75, 3.05) is 24.2 Å². The van der Waals surface area contributed by atoms with E-state index in [4.69, 9.17) is 10.6 Å². The zero-order chi connectivity index (χ0) is 32.7. The van der Waals surface area contributed by atoms with Gasteiger partial charge >= 0.3 is 0 Å². The van der Waals surface area contributed by atoms with Crippen molar-refractivity contribution in [3.05, 3.63) is 120 Å². The molecule has 1 unspecified atom stereocenters. The summed E-state index contributed by atoms with van der Waals surface area (Å²) in [6.45, 7) is 1.01. The second-order valence-corrected chi connectivity index (χ2v) is 13.0. The van der Waals surface area contributed by atoms with Gasteiger partial charge in [0.15, 0.2) is 5.75 Å². The van der Waals surface area contributed by atoms with Crippen molar-refractivity contribution in [3.63, 3.8) is 0 Å². The first kappa shape index (κ1) is 32.5. The number of aromatic hydroxyl groups is 1. The van der Waals surface area contributed by atoms with Crippen molar-refractivity contribution in [1.82, 2.24) is 4.90 Å². The predicted molar refractivity (Wildman–Crippen MR) is 174 cm³/mol. The topological polar surface area (TPSA) is 150 Å². The quantitative estimate of drug-likeness (QED) is 0.191. The van der Waals surface area contributed by atoms with Gasteiger partial charge in [0.2, 0.25) is 11.8 Å². The van der Waals surface area contributed by atoms with E-state index in [2.05, 4.69) is 0 Å². The van der Waals surface area contributed by atoms with Crippen LogP contribution in [0, 0.1) is 5.92 Å². The summed E-state index contributed by atoms with van der Waals surface area (Å²) in [6, 6.07) is 27.1. The second-order valence-electron chi connectivity index (χ2n) is 11.3. The molecular formula is C35H37N3O7S. The van der Waals surface area contributed by atoms with E-state index in [9.17, 15) is 28.2 Å². The number of hydrogen-bond acceptors (Lipinski definition) is 7. The molecular weight excluding hydrogens is 606 g/mol. The van der Waals surface area contributed by atoms with Crippen molar-refractivity contribution in [2.24, 2.45) is 11.7 Å². The fraction of sp³-hybridized carbons (Fsp3) is 0.257. The summed E-state index contributed by atoms with van der Waals surface area (Å²) in [5.41, 5.74) is 6.96. The van der Waals surface area contributed by atoms with Crippen LogP contribution in [0.2, 0.25) is 0 Å². The van der Waals surface area contributed by atoms with Gasteiger partial charge in [0.1, 0.15) is 5.75 Å². The van der Waals surface area contributed by atoms with Gasteiger partial charge < -0.3 is 25.7 Å². The number of primary amides is 1. The third kappa shape index (κ3) is 7.49. The van der Waals surface area contributed by atoms with Crippen molar-refractivity contribution >= 4 is 27.5 Å². The van der Waals surface area contributed by atoms with Crippen LogP contribution < -0.4 is 15.0 Å². The molecule has 1 saturated heterocycles. The van der Waals surface area contributed by atoms with Gasteiger partial charge in [-0.1, -0.05) is 53.0 Å². The Kier molecular flexibility index (Phi) is 10.2. The number of carbonyl (C=O) groups excluding carboxylic acids is 2. The zero-order valence-corrected chi connectivity index (χ0v) is 26.1. The van der Waals surface area contributed by atoms with E-state index in [1.165, 1.54) is 30.3 Å². The van der Waals surface area contributed by atoms with Crippen LogP contribution >= 0.6 is 0 Å². The highest BCUT2D eigenvalue weighted by molar-refractivity contribution is 7.92. The van der Waals surface area contributed by atoms with Crippen LogP contribution in [-0.2, 0) is 21.2 Å². The van der Waals surface area contributed by atoms with E-state index in [0.29, 0.717) is 31.0 Å². The maximum absolute atomic E-state index is 14.3.